The van der Waals surface area contributed by atoms with Crippen molar-refractivity contribution < 1.29 is 13.2 Å². The molecule has 3 aromatic rings. The fourth-order valence-corrected chi connectivity index (χ4v) is 2.96. The minimum Gasteiger partial charge on any atom is -0.366 e. The number of halogens is 3. The minimum absolute atomic E-state index is 0.0187. The molecule has 0 radical (unpaired) electrons. The molecule has 1 saturated carbocycles. The number of anilines is 1. The lowest BCUT2D eigenvalue weighted by atomic mass is 9.99. The van der Waals surface area contributed by atoms with Crippen LogP contribution in [0, 0.1) is 0 Å². The number of benzene rings is 1. The van der Waals surface area contributed by atoms with E-state index in [0.717, 1.165) is 36.4 Å². The molecule has 1 aromatic carbocycles. The SMILES string of the molecule is CC(CNc1nccn2c(C3CC3)nnc12)c1ccc(C(F)(F)F)cc1. The van der Waals surface area contributed by atoms with Crippen LogP contribution in [0.4, 0.5) is 19.0 Å². The van der Waals surface area contributed by atoms with Crippen LogP contribution in [-0.4, -0.2) is 26.1 Å². The molecule has 1 aliphatic carbocycles. The van der Waals surface area contributed by atoms with Crippen molar-refractivity contribution in [2.45, 2.75) is 37.8 Å². The van der Waals surface area contributed by atoms with Gasteiger partial charge in [-0.15, -0.1) is 10.2 Å². The third-order valence-electron chi connectivity index (χ3n) is 4.68. The number of nitrogens with one attached hydrogen (secondary N) is 1. The van der Waals surface area contributed by atoms with Crippen LogP contribution >= 0.6 is 0 Å². The van der Waals surface area contributed by atoms with E-state index in [1.54, 1.807) is 6.20 Å². The van der Waals surface area contributed by atoms with Gasteiger partial charge in [0.1, 0.15) is 5.82 Å². The van der Waals surface area contributed by atoms with Crippen LogP contribution < -0.4 is 5.32 Å². The highest BCUT2D eigenvalue weighted by atomic mass is 19.4. The Morgan fingerprint density at radius 3 is 2.58 bits per heavy atom. The van der Waals surface area contributed by atoms with E-state index in [4.69, 9.17) is 0 Å². The fraction of sp³-hybridized carbons (Fsp3) is 0.389. The molecule has 5 nitrogen and oxygen atoms in total. The molecule has 0 amide bonds. The van der Waals surface area contributed by atoms with Crippen LogP contribution in [0.3, 0.4) is 0 Å². The highest BCUT2D eigenvalue weighted by molar-refractivity contribution is 5.62. The third-order valence-corrected chi connectivity index (χ3v) is 4.68. The van der Waals surface area contributed by atoms with Crippen LogP contribution in [0.2, 0.25) is 0 Å². The van der Waals surface area contributed by atoms with Gasteiger partial charge in [0, 0.05) is 24.9 Å². The molecule has 1 unspecified atom stereocenters. The van der Waals surface area contributed by atoms with Gasteiger partial charge in [-0.25, -0.2) is 4.98 Å². The van der Waals surface area contributed by atoms with E-state index >= 15 is 0 Å². The van der Waals surface area contributed by atoms with E-state index < -0.39 is 11.7 Å². The van der Waals surface area contributed by atoms with Gasteiger partial charge in [0.05, 0.1) is 5.56 Å². The van der Waals surface area contributed by atoms with E-state index in [-0.39, 0.29) is 5.92 Å². The quantitative estimate of drug-likeness (QED) is 0.739. The molecule has 8 heteroatoms. The van der Waals surface area contributed by atoms with Crippen molar-refractivity contribution in [3.05, 3.63) is 53.6 Å². The van der Waals surface area contributed by atoms with Gasteiger partial charge in [-0.1, -0.05) is 19.1 Å². The van der Waals surface area contributed by atoms with E-state index in [2.05, 4.69) is 20.5 Å². The van der Waals surface area contributed by atoms with Crippen LogP contribution in [0.5, 0.6) is 0 Å². The Morgan fingerprint density at radius 1 is 1.19 bits per heavy atom. The molecule has 26 heavy (non-hydrogen) atoms. The third kappa shape index (κ3) is 3.23. The molecular weight excluding hydrogens is 343 g/mol. The maximum atomic E-state index is 12.7. The highest BCUT2D eigenvalue weighted by Gasteiger charge is 2.30. The van der Waals surface area contributed by atoms with Gasteiger partial charge in [0.25, 0.3) is 0 Å². The number of aromatic nitrogens is 4. The first kappa shape index (κ1) is 16.8. The van der Waals surface area contributed by atoms with Crippen molar-refractivity contribution >= 4 is 11.5 Å². The molecule has 2 heterocycles. The molecule has 1 fully saturated rings. The monoisotopic (exact) mass is 361 g/mol. The van der Waals surface area contributed by atoms with Gasteiger partial charge in [-0.2, -0.15) is 13.2 Å². The molecule has 1 N–H and O–H groups in total. The van der Waals surface area contributed by atoms with Gasteiger partial charge >= 0.3 is 6.18 Å². The summed E-state index contributed by atoms with van der Waals surface area (Å²) in [5.41, 5.74) is 0.871. The van der Waals surface area contributed by atoms with Crippen molar-refractivity contribution in [3.8, 4) is 0 Å². The predicted octanol–water partition coefficient (Wildman–Crippen LogP) is 4.24. The maximum Gasteiger partial charge on any atom is 0.416 e. The Hall–Kier alpha value is -2.64. The van der Waals surface area contributed by atoms with Crippen LogP contribution in [0.15, 0.2) is 36.7 Å². The standard InChI is InChI=1S/C18H18F3N5/c1-11(12-4-6-14(7-5-12)18(19,20)21)10-23-15-17-25-24-16(13-2-3-13)26(17)9-8-22-15/h4-9,11,13H,2-3,10H2,1H3,(H,22,23). The Kier molecular flexibility index (Phi) is 4.05. The Bertz CT molecular complexity index is 913. The zero-order chi connectivity index (χ0) is 18.3. The molecule has 1 aliphatic rings. The second-order valence-electron chi connectivity index (χ2n) is 6.70. The van der Waals surface area contributed by atoms with Crippen LogP contribution in [-0.2, 0) is 6.18 Å². The fourth-order valence-electron chi connectivity index (χ4n) is 2.96. The molecule has 136 valence electrons. The second kappa shape index (κ2) is 6.26. The lowest BCUT2D eigenvalue weighted by Crippen LogP contribution is -2.12. The normalized spacial score (nSPS) is 16.0. The Labute approximate surface area is 148 Å². The lowest BCUT2D eigenvalue weighted by Gasteiger charge is -2.15. The smallest absolute Gasteiger partial charge is 0.366 e. The van der Waals surface area contributed by atoms with Gasteiger partial charge in [0.2, 0.25) is 5.65 Å². The Balaban J connectivity index is 1.47. The molecule has 1 atom stereocenters. The maximum absolute atomic E-state index is 12.7. The summed E-state index contributed by atoms with van der Waals surface area (Å²) in [6.45, 7) is 2.48. The van der Waals surface area contributed by atoms with Crippen molar-refractivity contribution in [3.63, 3.8) is 0 Å². The number of nitrogens with zero attached hydrogens (tertiary/aromatic N) is 4. The summed E-state index contributed by atoms with van der Waals surface area (Å²) in [5, 5.41) is 11.7. The predicted molar refractivity (Wildman–Crippen MR) is 91.1 cm³/mol. The molecular formula is C18H18F3N5. The first-order valence-electron chi connectivity index (χ1n) is 8.54. The number of alkyl halides is 3. The lowest BCUT2D eigenvalue weighted by molar-refractivity contribution is -0.137. The van der Waals surface area contributed by atoms with Crippen LogP contribution in [0.1, 0.15) is 48.6 Å². The summed E-state index contributed by atoms with van der Waals surface area (Å²) in [4.78, 5) is 4.33. The second-order valence-corrected chi connectivity index (χ2v) is 6.70. The zero-order valence-electron chi connectivity index (χ0n) is 14.2. The van der Waals surface area contributed by atoms with Crippen LogP contribution in [0.25, 0.3) is 5.65 Å². The van der Waals surface area contributed by atoms with E-state index in [0.29, 0.717) is 23.9 Å². The number of hydrogen-bond donors (Lipinski definition) is 1. The largest absolute Gasteiger partial charge is 0.416 e. The minimum atomic E-state index is -4.31. The van der Waals surface area contributed by atoms with E-state index in [9.17, 15) is 13.2 Å². The van der Waals surface area contributed by atoms with Crippen molar-refractivity contribution in [1.82, 2.24) is 19.6 Å². The summed E-state index contributed by atoms with van der Waals surface area (Å²) in [6.07, 6.45) is 1.51. The summed E-state index contributed by atoms with van der Waals surface area (Å²) < 4.78 is 40.0. The molecule has 2 aromatic heterocycles. The van der Waals surface area contributed by atoms with Gasteiger partial charge < -0.3 is 5.32 Å². The highest BCUT2D eigenvalue weighted by Crippen LogP contribution is 2.39. The van der Waals surface area contributed by atoms with E-state index in [1.165, 1.54) is 12.1 Å². The van der Waals surface area contributed by atoms with Gasteiger partial charge in [0.15, 0.2) is 5.82 Å². The Morgan fingerprint density at radius 2 is 1.92 bits per heavy atom. The molecule has 0 saturated heterocycles. The average molecular weight is 361 g/mol. The summed E-state index contributed by atoms with van der Waals surface area (Å²) in [7, 11) is 0. The number of hydrogen-bond acceptors (Lipinski definition) is 4. The first-order valence-corrected chi connectivity index (χ1v) is 8.54. The topological polar surface area (TPSA) is 55.1 Å². The summed E-state index contributed by atoms with van der Waals surface area (Å²) >= 11 is 0. The molecule has 0 aliphatic heterocycles. The first-order chi connectivity index (χ1) is 12.4. The molecule has 0 spiro atoms. The summed E-state index contributed by atoms with van der Waals surface area (Å²) in [5.74, 6) is 2.09. The molecule has 4 rings (SSSR count). The van der Waals surface area contributed by atoms with E-state index in [1.807, 2.05) is 17.5 Å². The van der Waals surface area contributed by atoms with Crippen molar-refractivity contribution in [2.24, 2.45) is 0 Å². The number of rotatable bonds is 5. The zero-order valence-corrected chi connectivity index (χ0v) is 14.2. The number of fused-ring (bicyclic) bond motifs is 1. The van der Waals surface area contributed by atoms with Crippen molar-refractivity contribution in [2.75, 3.05) is 11.9 Å². The van der Waals surface area contributed by atoms with Gasteiger partial charge in [-0.3, -0.25) is 4.40 Å². The molecule has 0 bridgehead atoms. The summed E-state index contributed by atoms with van der Waals surface area (Å²) in [6, 6.07) is 5.27. The van der Waals surface area contributed by atoms with Crippen molar-refractivity contribution in [1.29, 1.82) is 0 Å². The van der Waals surface area contributed by atoms with Gasteiger partial charge in [-0.05, 0) is 36.5 Å². The average Bonchev–Trinajstić information content (AvgIpc) is 3.37.